The fourth-order valence-electron chi connectivity index (χ4n) is 2.39. The van der Waals surface area contributed by atoms with E-state index in [1.165, 1.54) is 4.57 Å². The van der Waals surface area contributed by atoms with Gasteiger partial charge in [-0.3, -0.25) is 14.2 Å². The Balaban J connectivity index is 2.07. The molecule has 0 bridgehead atoms. The van der Waals surface area contributed by atoms with Crippen LogP contribution in [-0.4, -0.2) is 22.6 Å². The van der Waals surface area contributed by atoms with Gasteiger partial charge in [0.2, 0.25) is 11.9 Å². The van der Waals surface area contributed by atoms with Crippen molar-refractivity contribution >= 4 is 11.9 Å². The van der Waals surface area contributed by atoms with Gasteiger partial charge in [-0.05, 0) is 31.0 Å². The molecule has 0 atom stereocenters. The Morgan fingerprint density at radius 3 is 2.83 bits per heavy atom. The normalized spacial score (nSPS) is 10.5. The maximum Gasteiger partial charge on any atom is 0.258 e. The molecule has 0 saturated carbocycles. The topological polar surface area (TPSA) is 99.2 Å². The minimum atomic E-state index is -0.308. The third-order valence-corrected chi connectivity index (χ3v) is 3.79. The zero-order valence-corrected chi connectivity index (χ0v) is 14.1. The summed E-state index contributed by atoms with van der Waals surface area (Å²) in [7, 11) is 1.59. The molecule has 24 heavy (non-hydrogen) atoms. The SMILES string of the molecule is CCc1nc(N)n(CC(=O)NCc2cccc(OC)c2)c(=O)c1C. The summed E-state index contributed by atoms with van der Waals surface area (Å²) in [6.07, 6.45) is 0.619. The standard InChI is InChI=1S/C17H22N4O3/c1-4-14-11(2)16(23)21(17(18)20-14)10-15(22)19-9-12-6-5-7-13(8-12)24-3/h5-8H,4,9-10H2,1-3H3,(H2,18,20)(H,19,22). The van der Waals surface area contributed by atoms with Crippen LogP contribution in [0.15, 0.2) is 29.1 Å². The fourth-order valence-corrected chi connectivity index (χ4v) is 2.39. The Morgan fingerprint density at radius 2 is 2.17 bits per heavy atom. The van der Waals surface area contributed by atoms with Gasteiger partial charge in [0.05, 0.1) is 12.8 Å². The van der Waals surface area contributed by atoms with E-state index in [1.54, 1.807) is 14.0 Å². The number of carbonyl (C=O) groups excluding carboxylic acids is 1. The predicted octanol–water partition coefficient (Wildman–Crippen LogP) is 1.02. The molecule has 2 rings (SSSR count). The molecule has 3 N–H and O–H groups in total. The number of nitrogens with one attached hydrogen (secondary N) is 1. The molecule has 0 unspecified atom stereocenters. The second-order valence-corrected chi connectivity index (χ2v) is 5.41. The maximum absolute atomic E-state index is 12.3. The van der Waals surface area contributed by atoms with Crippen molar-refractivity contribution in [1.82, 2.24) is 14.9 Å². The number of aryl methyl sites for hydroxylation is 1. The first kappa shape index (κ1) is 17.5. The molecule has 0 aliphatic rings. The van der Waals surface area contributed by atoms with E-state index in [1.807, 2.05) is 31.2 Å². The van der Waals surface area contributed by atoms with E-state index in [2.05, 4.69) is 10.3 Å². The molecule has 7 heteroatoms. The van der Waals surface area contributed by atoms with Crippen LogP contribution in [-0.2, 0) is 24.3 Å². The highest BCUT2D eigenvalue weighted by Gasteiger charge is 2.13. The molecule has 1 aromatic heterocycles. The van der Waals surface area contributed by atoms with Crippen LogP contribution in [0.1, 0.15) is 23.7 Å². The molecule has 128 valence electrons. The molecule has 0 aliphatic heterocycles. The molecule has 2 aromatic rings. The summed E-state index contributed by atoms with van der Waals surface area (Å²) >= 11 is 0. The van der Waals surface area contributed by atoms with Gasteiger partial charge in [0, 0.05) is 12.1 Å². The number of carbonyl (C=O) groups is 1. The predicted molar refractivity (Wildman–Crippen MR) is 91.9 cm³/mol. The number of nitrogen functional groups attached to an aromatic ring is 1. The van der Waals surface area contributed by atoms with Crippen molar-refractivity contribution in [2.75, 3.05) is 12.8 Å². The van der Waals surface area contributed by atoms with Crippen LogP contribution < -0.4 is 21.3 Å². The number of hydrogen-bond acceptors (Lipinski definition) is 5. The third kappa shape index (κ3) is 3.92. The Morgan fingerprint density at radius 1 is 1.42 bits per heavy atom. The van der Waals surface area contributed by atoms with E-state index in [9.17, 15) is 9.59 Å². The van der Waals surface area contributed by atoms with Crippen LogP contribution in [0, 0.1) is 6.92 Å². The van der Waals surface area contributed by atoms with E-state index < -0.39 is 0 Å². The van der Waals surface area contributed by atoms with Gasteiger partial charge in [-0.2, -0.15) is 0 Å². The average molecular weight is 330 g/mol. The number of methoxy groups -OCH3 is 1. The molecule has 0 fully saturated rings. The Labute approximate surface area is 140 Å². The third-order valence-electron chi connectivity index (χ3n) is 3.79. The van der Waals surface area contributed by atoms with Crippen LogP contribution in [0.3, 0.4) is 0 Å². The summed E-state index contributed by atoms with van der Waals surface area (Å²) in [4.78, 5) is 28.6. The summed E-state index contributed by atoms with van der Waals surface area (Å²) < 4.78 is 6.33. The molecule has 1 aromatic carbocycles. The van der Waals surface area contributed by atoms with Crippen molar-refractivity contribution in [2.24, 2.45) is 0 Å². The first-order chi connectivity index (χ1) is 11.5. The van der Waals surface area contributed by atoms with Gasteiger partial charge in [-0.15, -0.1) is 0 Å². The van der Waals surface area contributed by atoms with Crippen molar-refractivity contribution in [2.45, 2.75) is 33.4 Å². The smallest absolute Gasteiger partial charge is 0.258 e. The van der Waals surface area contributed by atoms with E-state index in [-0.39, 0.29) is 24.0 Å². The lowest BCUT2D eigenvalue weighted by Gasteiger charge is -2.12. The lowest BCUT2D eigenvalue weighted by molar-refractivity contribution is -0.121. The molecule has 0 radical (unpaired) electrons. The van der Waals surface area contributed by atoms with Crippen LogP contribution in [0.25, 0.3) is 0 Å². The van der Waals surface area contributed by atoms with Crippen molar-refractivity contribution in [3.8, 4) is 5.75 Å². The number of ether oxygens (including phenoxy) is 1. The maximum atomic E-state index is 12.3. The van der Waals surface area contributed by atoms with Gasteiger partial charge in [0.25, 0.3) is 5.56 Å². The molecular formula is C17H22N4O3. The largest absolute Gasteiger partial charge is 0.497 e. The Hall–Kier alpha value is -2.83. The Kier molecular flexibility index (Phi) is 5.57. The molecule has 1 amide bonds. The summed E-state index contributed by atoms with van der Waals surface area (Å²) in [5.74, 6) is 0.466. The molecule has 7 nitrogen and oxygen atoms in total. The van der Waals surface area contributed by atoms with Crippen molar-refractivity contribution in [1.29, 1.82) is 0 Å². The monoisotopic (exact) mass is 330 g/mol. The highest BCUT2D eigenvalue weighted by atomic mass is 16.5. The minimum Gasteiger partial charge on any atom is -0.497 e. The van der Waals surface area contributed by atoms with Gasteiger partial charge < -0.3 is 15.8 Å². The highest BCUT2D eigenvalue weighted by Crippen LogP contribution is 2.12. The quantitative estimate of drug-likeness (QED) is 0.824. The zero-order chi connectivity index (χ0) is 17.7. The molecule has 0 saturated heterocycles. The van der Waals surface area contributed by atoms with Gasteiger partial charge in [0.1, 0.15) is 12.3 Å². The molecule has 0 aliphatic carbocycles. The number of aromatic nitrogens is 2. The Bertz CT molecular complexity index is 799. The number of anilines is 1. The van der Waals surface area contributed by atoms with Crippen LogP contribution in [0.4, 0.5) is 5.95 Å². The molecule has 1 heterocycles. The summed E-state index contributed by atoms with van der Waals surface area (Å²) in [5, 5.41) is 2.76. The number of benzene rings is 1. The summed E-state index contributed by atoms with van der Waals surface area (Å²) in [5.41, 5.74) is 7.61. The van der Waals surface area contributed by atoms with E-state index in [0.29, 0.717) is 24.2 Å². The summed E-state index contributed by atoms with van der Waals surface area (Å²) in [6.45, 7) is 3.77. The summed E-state index contributed by atoms with van der Waals surface area (Å²) in [6, 6.07) is 7.39. The number of amides is 1. The van der Waals surface area contributed by atoms with Crippen molar-refractivity contribution in [3.05, 3.63) is 51.4 Å². The minimum absolute atomic E-state index is 0.0546. The van der Waals surface area contributed by atoms with Crippen molar-refractivity contribution < 1.29 is 9.53 Å². The van der Waals surface area contributed by atoms with E-state index >= 15 is 0 Å². The first-order valence-electron chi connectivity index (χ1n) is 7.71. The number of nitrogens with two attached hydrogens (primary N) is 1. The highest BCUT2D eigenvalue weighted by molar-refractivity contribution is 5.76. The lowest BCUT2D eigenvalue weighted by atomic mass is 10.2. The van der Waals surface area contributed by atoms with Gasteiger partial charge in [-0.25, -0.2) is 4.98 Å². The van der Waals surface area contributed by atoms with Crippen LogP contribution in [0.5, 0.6) is 5.75 Å². The van der Waals surface area contributed by atoms with Gasteiger partial charge >= 0.3 is 0 Å². The fraction of sp³-hybridized carbons (Fsp3) is 0.353. The number of nitrogens with zero attached hydrogens (tertiary/aromatic N) is 2. The van der Waals surface area contributed by atoms with Gasteiger partial charge in [0.15, 0.2) is 0 Å². The number of rotatable bonds is 6. The van der Waals surface area contributed by atoms with Crippen LogP contribution in [0.2, 0.25) is 0 Å². The van der Waals surface area contributed by atoms with E-state index in [4.69, 9.17) is 10.5 Å². The lowest BCUT2D eigenvalue weighted by Crippen LogP contribution is -2.35. The second-order valence-electron chi connectivity index (χ2n) is 5.41. The molecule has 0 spiro atoms. The van der Waals surface area contributed by atoms with E-state index in [0.717, 1.165) is 11.3 Å². The second kappa shape index (κ2) is 7.63. The van der Waals surface area contributed by atoms with Crippen LogP contribution >= 0.6 is 0 Å². The average Bonchev–Trinajstić information content (AvgIpc) is 2.60. The van der Waals surface area contributed by atoms with Gasteiger partial charge in [-0.1, -0.05) is 19.1 Å². The number of hydrogen-bond donors (Lipinski definition) is 2. The molecular weight excluding hydrogens is 308 g/mol. The van der Waals surface area contributed by atoms with Crippen molar-refractivity contribution in [3.63, 3.8) is 0 Å². The zero-order valence-electron chi connectivity index (χ0n) is 14.1. The first-order valence-corrected chi connectivity index (χ1v) is 7.71.